The quantitative estimate of drug-likeness (QED) is 0.218. The largest absolute Gasteiger partial charge is 2.00 e. The molecule has 0 saturated carbocycles. The maximum absolute atomic E-state index is 11.6. The van der Waals surface area contributed by atoms with Crippen LogP contribution in [0, 0.1) is 7.43 Å². The van der Waals surface area contributed by atoms with Crippen LogP contribution in [0.25, 0.3) is 0 Å². The van der Waals surface area contributed by atoms with Gasteiger partial charge in [-0.3, -0.25) is 4.79 Å². The van der Waals surface area contributed by atoms with Gasteiger partial charge in [0.2, 0.25) is 0 Å². The zero-order valence-electron chi connectivity index (χ0n) is 29.8. The summed E-state index contributed by atoms with van der Waals surface area (Å²) in [4.78, 5) is 49.6. The van der Waals surface area contributed by atoms with E-state index in [2.05, 4.69) is 0 Å². The molecule has 2 aliphatic rings. The molecule has 12 nitrogen and oxygen atoms in total. The maximum Gasteiger partial charge on any atom is 2.00 e. The van der Waals surface area contributed by atoms with Gasteiger partial charge in [-0.05, 0) is 82.1 Å². The summed E-state index contributed by atoms with van der Waals surface area (Å²) in [6.07, 6.45) is 1.26. The zero-order chi connectivity index (χ0) is 32.8. The van der Waals surface area contributed by atoms with Crippen LogP contribution in [-0.2, 0) is 19.0 Å². The fraction of sp³-hybridized carbons (Fsp3) is 0.839. The molecule has 0 aliphatic carbocycles. The number of Topliss-reactive ketones (excluding diaryl/α,β-unsaturated/α-hetero) is 1. The molecule has 0 aromatic heterocycles. The number of likely N-dealkylation sites (tertiary alicyclic amines) is 2. The van der Waals surface area contributed by atoms with Crippen LogP contribution in [-0.4, -0.2) is 142 Å². The molecule has 266 valence electrons. The van der Waals surface area contributed by atoms with E-state index in [0.29, 0.717) is 51.9 Å². The molecule has 0 radical (unpaired) electrons. The first-order valence-corrected chi connectivity index (χ1v) is 14.0. The van der Waals surface area contributed by atoms with Crippen LogP contribution in [0.5, 0.6) is 0 Å². The fourth-order valence-electron chi connectivity index (χ4n) is 3.12. The van der Waals surface area contributed by atoms with Crippen molar-refractivity contribution in [1.82, 2.24) is 14.7 Å². The number of aliphatic hydroxyl groups excluding tert-OH is 1. The Morgan fingerprint density at radius 1 is 0.733 bits per heavy atom. The van der Waals surface area contributed by atoms with Gasteiger partial charge in [-0.1, -0.05) is 7.43 Å². The Hall–Kier alpha value is -1.35. The van der Waals surface area contributed by atoms with Crippen LogP contribution in [0.1, 0.15) is 102 Å². The van der Waals surface area contributed by atoms with Crippen molar-refractivity contribution in [3.63, 3.8) is 0 Å². The standard InChI is InChI=1S/C11H21NO3.C10H17NO3.C7H15NO2.CH4O.CH4.CH3.BrH.Mg/c1-10(2,3)15-9(13)12-7-5-11(4,14)6-8-12;1-10(2,3)14-9(13)11-6-4-8(12)5-7-11;1-7(2,3)10-6(9)8(4)5;1-2;;;;/h14H,5-8H2,1-4H3;4-7H2,1-3H3;1-5H3;2H,1H3;1H4;1H3;1H;/q;;;;;-1;;+2/p-1. The van der Waals surface area contributed by atoms with E-state index in [0.717, 1.165) is 7.11 Å². The topological polar surface area (TPSA) is 146 Å². The van der Waals surface area contributed by atoms with Crippen molar-refractivity contribution in [3.8, 4) is 0 Å². The Bertz CT molecular complexity index is 818. The van der Waals surface area contributed by atoms with Gasteiger partial charge in [-0.25, -0.2) is 14.4 Å². The van der Waals surface area contributed by atoms with E-state index >= 15 is 0 Å². The molecule has 2 saturated heterocycles. The molecule has 2 rings (SSSR count). The van der Waals surface area contributed by atoms with E-state index in [4.69, 9.17) is 19.3 Å². The minimum Gasteiger partial charge on any atom is -1.00 e. The first-order chi connectivity index (χ1) is 18.4. The predicted molar refractivity (Wildman–Crippen MR) is 177 cm³/mol. The molecule has 2 aliphatic heterocycles. The van der Waals surface area contributed by atoms with E-state index in [1.54, 1.807) is 30.8 Å². The van der Waals surface area contributed by atoms with Gasteiger partial charge >= 0.3 is 41.3 Å². The van der Waals surface area contributed by atoms with E-state index in [1.807, 2.05) is 62.3 Å². The zero-order valence-corrected chi connectivity index (χ0v) is 32.8. The Labute approximate surface area is 300 Å². The Morgan fingerprint density at radius 3 is 1.27 bits per heavy atom. The molecule has 0 aromatic carbocycles. The first kappa shape index (κ1) is 56.0. The summed E-state index contributed by atoms with van der Waals surface area (Å²) >= 11 is 0. The van der Waals surface area contributed by atoms with Crippen molar-refractivity contribution >= 4 is 47.1 Å². The molecule has 0 atom stereocenters. The summed E-state index contributed by atoms with van der Waals surface area (Å²) in [6, 6.07) is 0. The molecule has 0 bridgehead atoms. The number of rotatable bonds is 0. The SMILES string of the molecule is C.CC(C)(C)OC(=O)N1CCC(=O)CC1.CC1(O)CCN(C(=O)OC(C)(C)C)CC1.CN(C)C(=O)OC(C)(C)C.CO.[Br-].[CH3-].[Mg+2]. The number of ether oxygens (including phenoxy) is 3. The third-order valence-corrected chi connectivity index (χ3v) is 5.22. The van der Waals surface area contributed by atoms with Crippen LogP contribution in [0.3, 0.4) is 0 Å². The van der Waals surface area contributed by atoms with Gasteiger partial charge in [0.15, 0.2) is 0 Å². The fourth-order valence-corrected chi connectivity index (χ4v) is 3.12. The van der Waals surface area contributed by atoms with Crippen LogP contribution >= 0.6 is 0 Å². The number of piperidine rings is 2. The van der Waals surface area contributed by atoms with Gasteiger partial charge < -0.3 is 63.5 Å². The molecule has 0 aromatic rings. The summed E-state index contributed by atoms with van der Waals surface area (Å²) < 4.78 is 15.4. The molecule has 3 amide bonds. The maximum atomic E-state index is 11.6. The van der Waals surface area contributed by atoms with Gasteiger partial charge in [0, 0.05) is 60.2 Å². The number of carbonyl (C=O) groups is 4. The Balaban J connectivity index is -0.000000120. The molecule has 0 unspecified atom stereocenters. The molecule has 14 heteroatoms. The second-order valence-corrected chi connectivity index (χ2v) is 13.3. The minimum absolute atomic E-state index is 0. The molecule has 45 heavy (non-hydrogen) atoms. The summed E-state index contributed by atoms with van der Waals surface area (Å²) in [5.74, 6) is 0.227. The van der Waals surface area contributed by atoms with Gasteiger partial charge in [-0.2, -0.15) is 0 Å². The Morgan fingerprint density at radius 2 is 1.02 bits per heavy atom. The van der Waals surface area contributed by atoms with Crippen molar-refractivity contribution in [2.24, 2.45) is 0 Å². The number of aliphatic hydroxyl groups is 2. The van der Waals surface area contributed by atoms with Crippen molar-refractivity contribution in [2.75, 3.05) is 47.4 Å². The van der Waals surface area contributed by atoms with Crippen LogP contribution in [0.15, 0.2) is 0 Å². The second-order valence-electron chi connectivity index (χ2n) is 13.3. The third-order valence-electron chi connectivity index (χ3n) is 5.22. The van der Waals surface area contributed by atoms with Crippen molar-refractivity contribution in [3.05, 3.63) is 7.43 Å². The van der Waals surface area contributed by atoms with Crippen molar-refractivity contribution in [2.45, 2.75) is 125 Å². The number of hydrogen-bond acceptors (Lipinski definition) is 9. The van der Waals surface area contributed by atoms with Crippen LogP contribution in [0.4, 0.5) is 14.4 Å². The number of nitrogens with zero attached hydrogens (tertiary/aromatic N) is 3. The van der Waals surface area contributed by atoms with Crippen LogP contribution < -0.4 is 17.0 Å². The van der Waals surface area contributed by atoms with E-state index in [1.165, 1.54) is 4.90 Å². The smallest absolute Gasteiger partial charge is 1.00 e. The third kappa shape index (κ3) is 31.0. The van der Waals surface area contributed by atoms with E-state index < -0.39 is 16.8 Å². The van der Waals surface area contributed by atoms with Gasteiger partial charge in [0.05, 0.1) is 5.60 Å². The number of halogens is 1. The monoisotopic (exact) mass is 725 g/mol. The first-order valence-electron chi connectivity index (χ1n) is 14.0. The predicted octanol–water partition coefficient (Wildman–Crippen LogP) is 2.16. The number of hydrogen-bond donors (Lipinski definition) is 2. The summed E-state index contributed by atoms with van der Waals surface area (Å²) in [6.45, 7) is 20.5. The minimum atomic E-state index is -0.626. The van der Waals surface area contributed by atoms with E-state index in [9.17, 15) is 24.3 Å². The number of ketones is 1. The molecule has 2 N–H and O–H groups in total. The van der Waals surface area contributed by atoms with Crippen LogP contribution in [0.2, 0.25) is 0 Å². The average molecular weight is 727 g/mol. The Kier molecular flexibility index (Phi) is 30.8. The summed E-state index contributed by atoms with van der Waals surface area (Å²) in [7, 11) is 4.32. The molecular weight excluding hydrogens is 663 g/mol. The van der Waals surface area contributed by atoms with Gasteiger partial charge in [0.1, 0.15) is 22.6 Å². The number of carbonyl (C=O) groups excluding carboxylic acids is 4. The summed E-state index contributed by atoms with van der Waals surface area (Å²) in [5, 5.41) is 16.7. The molecule has 2 fully saturated rings. The molecule has 2 heterocycles. The summed E-state index contributed by atoms with van der Waals surface area (Å²) in [5.41, 5.74) is -1.92. The normalized spacial score (nSPS) is 15.3. The van der Waals surface area contributed by atoms with Gasteiger partial charge in [-0.15, -0.1) is 0 Å². The number of amides is 3. The molecular formula is C31H64BrMgN3O9. The molecule has 0 spiro atoms. The van der Waals surface area contributed by atoms with Crippen molar-refractivity contribution < 1.29 is 60.6 Å². The second kappa shape index (κ2) is 24.8. The van der Waals surface area contributed by atoms with Gasteiger partial charge in [0.25, 0.3) is 0 Å². The van der Waals surface area contributed by atoms with Crippen molar-refractivity contribution in [1.29, 1.82) is 0 Å². The van der Waals surface area contributed by atoms with E-state index in [-0.39, 0.29) is 84.6 Å². The average Bonchev–Trinajstić information content (AvgIpc) is 2.78.